The molecule has 1 fully saturated rings. The van der Waals surface area contributed by atoms with Crippen molar-refractivity contribution in [3.63, 3.8) is 0 Å². The number of hydrogen-bond acceptors (Lipinski definition) is 2. The van der Waals surface area contributed by atoms with Gasteiger partial charge in [0.25, 0.3) is 0 Å². The quantitative estimate of drug-likeness (QED) is 0.840. The lowest BCUT2D eigenvalue weighted by Crippen LogP contribution is -2.25. The molecule has 1 heterocycles. The highest BCUT2D eigenvalue weighted by Crippen LogP contribution is 2.18. The summed E-state index contributed by atoms with van der Waals surface area (Å²) >= 11 is 3.38. The van der Waals surface area contributed by atoms with Gasteiger partial charge < -0.3 is 5.32 Å². The molecule has 76 valence electrons. The molecule has 0 unspecified atom stereocenters. The Morgan fingerprint density at radius 1 is 1.36 bits per heavy atom. The van der Waals surface area contributed by atoms with Crippen molar-refractivity contribution >= 4 is 15.9 Å². The summed E-state index contributed by atoms with van der Waals surface area (Å²) < 4.78 is 0.920. The Kier molecular flexibility index (Phi) is 3.54. The zero-order chi connectivity index (χ0) is 9.80. The van der Waals surface area contributed by atoms with E-state index in [-0.39, 0.29) is 0 Å². The van der Waals surface area contributed by atoms with Gasteiger partial charge in [-0.05, 0) is 40.9 Å². The second-order valence-electron chi connectivity index (χ2n) is 3.81. The van der Waals surface area contributed by atoms with Gasteiger partial charge in [-0.3, -0.25) is 0 Å². The summed E-state index contributed by atoms with van der Waals surface area (Å²) in [5.74, 6) is 0. The summed E-state index contributed by atoms with van der Waals surface area (Å²) in [5, 5.41) is 3.54. The topological polar surface area (TPSA) is 24.9 Å². The van der Waals surface area contributed by atoms with Crippen LogP contribution in [0.5, 0.6) is 0 Å². The van der Waals surface area contributed by atoms with Gasteiger partial charge in [-0.15, -0.1) is 0 Å². The zero-order valence-corrected chi connectivity index (χ0v) is 9.76. The van der Waals surface area contributed by atoms with Crippen LogP contribution in [0.3, 0.4) is 0 Å². The van der Waals surface area contributed by atoms with Crippen LogP contribution in [0.1, 0.15) is 31.4 Å². The number of pyridine rings is 1. The number of halogens is 1. The Hall–Kier alpha value is -0.410. The van der Waals surface area contributed by atoms with Gasteiger partial charge in [-0.1, -0.05) is 18.9 Å². The van der Waals surface area contributed by atoms with Crippen molar-refractivity contribution in [3.8, 4) is 0 Å². The molecule has 1 N–H and O–H groups in total. The summed E-state index contributed by atoms with van der Waals surface area (Å²) in [7, 11) is 0. The minimum Gasteiger partial charge on any atom is -0.308 e. The molecule has 0 atom stereocenters. The minimum atomic E-state index is 0.718. The Bertz CT molecular complexity index is 295. The maximum atomic E-state index is 4.39. The monoisotopic (exact) mass is 254 g/mol. The third kappa shape index (κ3) is 2.79. The minimum absolute atomic E-state index is 0.718. The molecule has 1 aliphatic rings. The van der Waals surface area contributed by atoms with Crippen molar-refractivity contribution in [2.24, 2.45) is 0 Å². The standard InChI is InChI=1S/C11H15BrN2/c12-11-7-3-6-10(14-11)8-13-9-4-1-2-5-9/h3,6-7,9,13H,1-2,4-5,8H2. The summed E-state index contributed by atoms with van der Waals surface area (Å²) in [6, 6.07) is 6.77. The Balaban J connectivity index is 1.85. The number of aromatic nitrogens is 1. The van der Waals surface area contributed by atoms with Gasteiger partial charge in [0.15, 0.2) is 0 Å². The highest BCUT2D eigenvalue weighted by molar-refractivity contribution is 9.10. The lowest BCUT2D eigenvalue weighted by molar-refractivity contribution is 0.519. The molecule has 2 nitrogen and oxygen atoms in total. The predicted octanol–water partition coefficient (Wildman–Crippen LogP) is 2.88. The van der Waals surface area contributed by atoms with E-state index in [0.717, 1.165) is 22.9 Å². The van der Waals surface area contributed by atoms with Crippen LogP contribution in [0.25, 0.3) is 0 Å². The third-order valence-corrected chi connectivity index (χ3v) is 3.14. The molecule has 0 aromatic carbocycles. The van der Waals surface area contributed by atoms with Crippen LogP contribution in [0, 0.1) is 0 Å². The SMILES string of the molecule is Brc1cccc(CNC2CCCC2)n1. The third-order valence-electron chi connectivity index (χ3n) is 2.70. The van der Waals surface area contributed by atoms with E-state index >= 15 is 0 Å². The molecule has 0 aliphatic heterocycles. The van der Waals surface area contributed by atoms with E-state index in [0.29, 0.717) is 0 Å². The van der Waals surface area contributed by atoms with Crippen LogP contribution in [-0.2, 0) is 6.54 Å². The molecular weight excluding hydrogens is 240 g/mol. The molecule has 0 amide bonds. The summed E-state index contributed by atoms with van der Waals surface area (Å²) in [6.45, 7) is 0.893. The van der Waals surface area contributed by atoms with Crippen molar-refractivity contribution < 1.29 is 0 Å². The van der Waals surface area contributed by atoms with Crippen LogP contribution >= 0.6 is 15.9 Å². The Labute approximate surface area is 93.3 Å². The fourth-order valence-electron chi connectivity index (χ4n) is 1.93. The van der Waals surface area contributed by atoms with Gasteiger partial charge in [0, 0.05) is 12.6 Å². The lowest BCUT2D eigenvalue weighted by Gasteiger charge is -2.10. The highest BCUT2D eigenvalue weighted by atomic mass is 79.9. The average Bonchev–Trinajstić information content (AvgIpc) is 2.67. The second-order valence-corrected chi connectivity index (χ2v) is 4.63. The van der Waals surface area contributed by atoms with Crippen LogP contribution < -0.4 is 5.32 Å². The Morgan fingerprint density at radius 3 is 2.86 bits per heavy atom. The van der Waals surface area contributed by atoms with E-state index < -0.39 is 0 Å². The summed E-state index contributed by atoms with van der Waals surface area (Å²) in [4.78, 5) is 4.39. The molecule has 1 aliphatic carbocycles. The van der Waals surface area contributed by atoms with E-state index in [9.17, 15) is 0 Å². The maximum absolute atomic E-state index is 4.39. The van der Waals surface area contributed by atoms with Crippen molar-refractivity contribution in [1.82, 2.24) is 10.3 Å². The molecule has 0 radical (unpaired) electrons. The number of rotatable bonds is 3. The molecule has 1 saturated carbocycles. The first-order chi connectivity index (χ1) is 6.84. The number of nitrogens with one attached hydrogen (secondary N) is 1. The molecule has 1 aromatic rings. The highest BCUT2D eigenvalue weighted by Gasteiger charge is 2.13. The van der Waals surface area contributed by atoms with Crippen LogP contribution in [0.2, 0.25) is 0 Å². The van der Waals surface area contributed by atoms with Gasteiger partial charge >= 0.3 is 0 Å². The van der Waals surface area contributed by atoms with E-state index in [1.165, 1.54) is 25.7 Å². The van der Waals surface area contributed by atoms with Gasteiger partial charge in [0.2, 0.25) is 0 Å². The first kappa shape index (κ1) is 10.1. The van der Waals surface area contributed by atoms with E-state index in [1.807, 2.05) is 12.1 Å². The first-order valence-electron chi connectivity index (χ1n) is 5.19. The van der Waals surface area contributed by atoms with Gasteiger partial charge in [0.1, 0.15) is 4.60 Å². The van der Waals surface area contributed by atoms with Gasteiger partial charge in [0.05, 0.1) is 5.69 Å². The van der Waals surface area contributed by atoms with Gasteiger partial charge in [-0.2, -0.15) is 0 Å². The predicted molar refractivity (Wildman–Crippen MR) is 61.0 cm³/mol. The van der Waals surface area contributed by atoms with E-state index in [2.05, 4.69) is 32.3 Å². The maximum Gasteiger partial charge on any atom is 0.106 e. The molecule has 14 heavy (non-hydrogen) atoms. The zero-order valence-electron chi connectivity index (χ0n) is 8.17. The van der Waals surface area contributed by atoms with Crippen molar-refractivity contribution in [2.45, 2.75) is 38.3 Å². The second kappa shape index (κ2) is 4.89. The molecule has 3 heteroatoms. The normalized spacial score (nSPS) is 17.5. The van der Waals surface area contributed by atoms with Crippen molar-refractivity contribution in [1.29, 1.82) is 0 Å². The van der Waals surface area contributed by atoms with Crippen LogP contribution in [-0.4, -0.2) is 11.0 Å². The molecule has 0 bridgehead atoms. The number of hydrogen-bond donors (Lipinski definition) is 1. The smallest absolute Gasteiger partial charge is 0.106 e. The largest absolute Gasteiger partial charge is 0.308 e. The summed E-state index contributed by atoms with van der Waals surface area (Å²) in [5.41, 5.74) is 1.12. The average molecular weight is 255 g/mol. The van der Waals surface area contributed by atoms with Crippen LogP contribution in [0.4, 0.5) is 0 Å². The fraction of sp³-hybridized carbons (Fsp3) is 0.545. The lowest BCUT2D eigenvalue weighted by atomic mass is 10.2. The molecule has 0 spiro atoms. The fourth-order valence-corrected chi connectivity index (χ4v) is 2.31. The van der Waals surface area contributed by atoms with Gasteiger partial charge in [-0.25, -0.2) is 4.98 Å². The van der Waals surface area contributed by atoms with Crippen LogP contribution in [0.15, 0.2) is 22.8 Å². The van der Waals surface area contributed by atoms with Crippen molar-refractivity contribution in [3.05, 3.63) is 28.5 Å². The molecular formula is C11H15BrN2. The summed E-state index contributed by atoms with van der Waals surface area (Å²) in [6.07, 6.45) is 5.41. The first-order valence-corrected chi connectivity index (χ1v) is 5.99. The van der Waals surface area contributed by atoms with E-state index in [4.69, 9.17) is 0 Å². The van der Waals surface area contributed by atoms with Crippen molar-refractivity contribution in [2.75, 3.05) is 0 Å². The molecule has 2 rings (SSSR count). The number of nitrogens with zero attached hydrogens (tertiary/aromatic N) is 1. The Morgan fingerprint density at radius 2 is 2.14 bits per heavy atom. The molecule has 0 saturated heterocycles. The van der Waals surface area contributed by atoms with E-state index in [1.54, 1.807) is 0 Å². The molecule has 1 aromatic heterocycles.